The van der Waals surface area contributed by atoms with Crippen LogP contribution >= 0.6 is 0 Å². The summed E-state index contributed by atoms with van der Waals surface area (Å²) in [7, 11) is 0. The van der Waals surface area contributed by atoms with E-state index in [0.717, 1.165) is 24.7 Å². The van der Waals surface area contributed by atoms with Gasteiger partial charge in [0.05, 0.1) is 5.69 Å². The molecule has 3 nitrogen and oxygen atoms in total. The van der Waals surface area contributed by atoms with Gasteiger partial charge in [0.2, 0.25) is 0 Å². The Morgan fingerprint density at radius 2 is 2.06 bits per heavy atom. The molecule has 0 bridgehead atoms. The van der Waals surface area contributed by atoms with E-state index in [1.54, 1.807) is 13.8 Å². The van der Waals surface area contributed by atoms with Crippen molar-refractivity contribution in [3.63, 3.8) is 0 Å². The lowest BCUT2D eigenvalue weighted by molar-refractivity contribution is 0.0740. The molecule has 1 atom stereocenters. The van der Waals surface area contributed by atoms with Crippen molar-refractivity contribution < 1.29 is 5.11 Å². The van der Waals surface area contributed by atoms with Crippen LogP contribution in [0.4, 0.5) is 5.82 Å². The Bertz CT molecular complexity index is 358. The molecule has 0 aromatic carbocycles. The Labute approximate surface area is 111 Å². The van der Waals surface area contributed by atoms with Gasteiger partial charge in [-0.15, -0.1) is 0 Å². The Morgan fingerprint density at radius 1 is 1.33 bits per heavy atom. The molecule has 1 aromatic heterocycles. The fraction of sp³-hybridized carbons (Fsp3) is 0.667. The Morgan fingerprint density at radius 3 is 2.67 bits per heavy atom. The second kappa shape index (κ2) is 6.74. The molecule has 1 heterocycles. The summed E-state index contributed by atoms with van der Waals surface area (Å²) in [5.74, 6) is 1.60. The smallest absolute Gasteiger partial charge is 0.126 e. The highest BCUT2D eigenvalue weighted by molar-refractivity contribution is 5.36. The lowest BCUT2D eigenvalue weighted by Gasteiger charge is -2.18. The second-order valence-corrected chi connectivity index (χ2v) is 5.58. The molecule has 0 spiro atoms. The molecule has 2 N–H and O–H groups in total. The Kier molecular flexibility index (Phi) is 5.60. The molecule has 1 unspecified atom stereocenters. The monoisotopic (exact) mass is 250 g/mol. The Hall–Kier alpha value is -1.09. The SMILES string of the molecule is CCCC(C)CCNc1cccc(C(C)(C)O)n1. The highest BCUT2D eigenvalue weighted by Crippen LogP contribution is 2.19. The average molecular weight is 250 g/mol. The minimum Gasteiger partial charge on any atom is -0.384 e. The average Bonchev–Trinajstić information content (AvgIpc) is 2.29. The summed E-state index contributed by atoms with van der Waals surface area (Å²) in [5, 5.41) is 13.2. The summed E-state index contributed by atoms with van der Waals surface area (Å²) in [6.45, 7) is 8.94. The van der Waals surface area contributed by atoms with Crippen LogP contribution in [-0.4, -0.2) is 16.6 Å². The number of nitrogens with zero attached hydrogens (tertiary/aromatic N) is 1. The van der Waals surface area contributed by atoms with Crippen LogP contribution in [0.5, 0.6) is 0 Å². The van der Waals surface area contributed by atoms with Crippen LogP contribution in [0.25, 0.3) is 0 Å². The van der Waals surface area contributed by atoms with E-state index in [-0.39, 0.29) is 0 Å². The number of hydrogen-bond donors (Lipinski definition) is 2. The molecule has 3 heteroatoms. The third kappa shape index (κ3) is 5.05. The number of anilines is 1. The van der Waals surface area contributed by atoms with Gasteiger partial charge < -0.3 is 10.4 Å². The molecule has 0 saturated carbocycles. The van der Waals surface area contributed by atoms with Crippen LogP contribution in [-0.2, 0) is 5.60 Å². The molecule has 18 heavy (non-hydrogen) atoms. The highest BCUT2D eigenvalue weighted by atomic mass is 16.3. The van der Waals surface area contributed by atoms with E-state index in [1.165, 1.54) is 12.8 Å². The number of aliphatic hydroxyl groups is 1. The number of hydrogen-bond acceptors (Lipinski definition) is 3. The number of pyridine rings is 1. The van der Waals surface area contributed by atoms with E-state index in [1.807, 2.05) is 18.2 Å². The third-order valence-corrected chi connectivity index (χ3v) is 3.10. The summed E-state index contributed by atoms with van der Waals surface area (Å²) in [6, 6.07) is 5.72. The fourth-order valence-corrected chi connectivity index (χ4v) is 1.96. The maximum Gasteiger partial charge on any atom is 0.126 e. The zero-order valence-corrected chi connectivity index (χ0v) is 12.0. The molecule has 1 aromatic rings. The molecule has 0 aliphatic heterocycles. The summed E-state index contributed by atoms with van der Waals surface area (Å²) in [5.41, 5.74) is -0.179. The van der Waals surface area contributed by atoms with E-state index >= 15 is 0 Å². The van der Waals surface area contributed by atoms with Gasteiger partial charge in [0.1, 0.15) is 11.4 Å². The van der Waals surface area contributed by atoms with Gasteiger partial charge in [0.25, 0.3) is 0 Å². The first-order valence-corrected chi connectivity index (χ1v) is 6.87. The van der Waals surface area contributed by atoms with E-state index in [4.69, 9.17) is 0 Å². The van der Waals surface area contributed by atoms with Crippen LogP contribution < -0.4 is 5.32 Å². The lowest BCUT2D eigenvalue weighted by Crippen LogP contribution is -2.18. The molecular weight excluding hydrogens is 224 g/mol. The maximum atomic E-state index is 9.91. The summed E-state index contributed by atoms with van der Waals surface area (Å²) < 4.78 is 0. The molecule has 102 valence electrons. The van der Waals surface area contributed by atoms with Gasteiger partial charge in [0, 0.05) is 6.54 Å². The van der Waals surface area contributed by atoms with Crippen molar-refractivity contribution in [1.29, 1.82) is 0 Å². The molecule has 0 aliphatic carbocycles. The standard InChI is InChI=1S/C15H26N2O/c1-5-7-12(2)10-11-16-14-9-6-8-13(17-14)15(3,4)18/h6,8-9,12,18H,5,7,10-11H2,1-4H3,(H,16,17). The summed E-state index contributed by atoms with van der Waals surface area (Å²) in [4.78, 5) is 4.43. The van der Waals surface area contributed by atoms with Gasteiger partial charge >= 0.3 is 0 Å². The van der Waals surface area contributed by atoms with Gasteiger partial charge in [0.15, 0.2) is 0 Å². The molecule has 0 saturated heterocycles. The first-order valence-electron chi connectivity index (χ1n) is 6.87. The van der Waals surface area contributed by atoms with Crippen LogP contribution in [0.1, 0.15) is 52.7 Å². The summed E-state index contributed by atoms with van der Waals surface area (Å²) >= 11 is 0. The largest absolute Gasteiger partial charge is 0.384 e. The van der Waals surface area contributed by atoms with Crippen molar-refractivity contribution in [2.45, 2.75) is 52.6 Å². The molecule has 0 amide bonds. The quantitative estimate of drug-likeness (QED) is 0.778. The van der Waals surface area contributed by atoms with E-state index in [9.17, 15) is 5.11 Å². The van der Waals surface area contributed by atoms with Crippen molar-refractivity contribution in [3.8, 4) is 0 Å². The maximum absolute atomic E-state index is 9.91. The second-order valence-electron chi connectivity index (χ2n) is 5.58. The Balaban J connectivity index is 2.48. The molecule has 0 aliphatic rings. The first kappa shape index (κ1) is 15.0. The number of nitrogens with one attached hydrogen (secondary N) is 1. The number of rotatable bonds is 7. The van der Waals surface area contributed by atoms with Crippen LogP contribution in [0.2, 0.25) is 0 Å². The highest BCUT2D eigenvalue weighted by Gasteiger charge is 2.17. The zero-order valence-electron chi connectivity index (χ0n) is 12.0. The fourth-order valence-electron chi connectivity index (χ4n) is 1.96. The van der Waals surface area contributed by atoms with Gasteiger partial charge in [-0.1, -0.05) is 32.8 Å². The van der Waals surface area contributed by atoms with Crippen LogP contribution in [0.3, 0.4) is 0 Å². The van der Waals surface area contributed by atoms with E-state index < -0.39 is 5.60 Å². The third-order valence-electron chi connectivity index (χ3n) is 3.10. The van der Waals surface area contributed by atoms with Crippen molar-refractivity contribution in [3.05, 3.63) is 23.9 Å². The van der Waals surface area contributed by atoms with Gasteiger partial charge in [-0.05, 0) is 38.3 Å². The molecule has 0 radical (unpaired) electrons. The summed E-state index contributed by atoms with van der Waals surface area (Å²) in [6.07, 6.45) is 3.68. The number of aromatic nitrogens is 1. The normalized spacial score (nSPS) is 13.4. The molecular formula is C15H26N2O. The topological polar surface area (TPSA) is 45.1 Å². The lowest BCUT2D eigenvalue weighted by atomic mass is 10.0. The van der Waals surface area contributed by atoms with Crippen molar-refractivity contribution >= 4 is 5.82 Å². The van der Waals surface area contributed by atoms with Crippen molar-refractivity contribution in [2.75, 3.05) is 11.9 Å². The molecule has 0 fully saturated rings. The minimum absolute atomic E-state index is 0.703. The van der Waals surface area contributed by atoms with E-state index in [0.29, 0.717) is 5.69 Å². The van der Waals surface area contributed by atoms with Crippen molar-refractivity contribution in [2.24, 2.45) is 5.92 Å². The zero-order chi connectivity index (χ0) is 13.6. The molecule has 1 rings (SSSR count). The van der Waals surface area contributed by atoms with Crippen molar-refractivity contribution in [1.82, 2.24) is 4.98 Å². The minimum atomic E-state index is -0.882. The van der Waals surface area contributed by atoms with Gasteiger partial charge in [-0.2, -0.15) is 0 Å². The van der Waals surface area contributed by atoms with Crippen LogP contribution in [0, 0.1) is 5.92 Å². The predicted octanol–water partition coefficient (Wildman–Crippen LogP) is 3.55. The van der Waals surface area contributed by atoms with Gasteiger partial charge in [-0.3, -0.25) is 0 Å². The predicted molar refractivity (Wildman–Crippen MR) is 76.7 cm³/mol. The first-order chi connectivity index (χ1) is 8.43. The van der Waals surface area contributed by atoms with Crippen LogP contribution in [0.15, 0.2) is 18.2 Å². The van der Waals surface area contributed by atoms with Gasteiger partial charge in [-0.25, -0.2) is 4.98 Å². The van der Waals surface area contributed by atoms with E-state index in [2.05, 4.69) is 24.1 Å².